The first-order chi connectivity index (χ1) is 18.7. The third-order valence-electron chi connectivity index (χ3n) is 7.30. The normalized spacial score (nSPS) is 13.0. The van der Waals surface area contributed by atoms with Gasteiger partial charge >= 0.3 is 0 Å². The van der Waals surface area contributed by atoms with Crippen molar-refractivity contribution in [2.75, 3.05) is 0 Å². The fraction of sp³-hybridized carbons (Fsp3) is 0.111. The Balaban J connectivity index is 1.28. The highest BCUT2D eigenvalue weighted by molar-refractivity contribution is 8.76. The number of hydrogen-bond donors (Lipinski definition) is 0. The van der Waals surface area contributed by atoms with Crippen LogP contribution >= 0.6 is 21.6 Å². The lowest BCUT2D eigenvalue weighted by atomic mass is 9.93. The monoisotopic (exact) mass is 526 g/mol. The second kappa shape index (κ2) is 11.1. The molecule has 0 aliphatic heterocycles. The van der Waals surface area contributed by atoms with E-state index in [9.17, 15) is 0 Å². The molecule has 0 aliphatic rings. The van der Waals surface area contributed by atoms with Crippen LogP contribution in [0.25, 0.3) is 43.8 Å². The molecule has 0 radical (unpaired) electrons. The van der Waals surface area contributed by atoms with Crippen molar-refractivity contribution in [2.24, 2.45) is 0 Å². The van der Waals surface area contributed by atoms with Gasteiger partial charge in [0.2, 0.25) is 0 Å². The van der Waals surface area contributed by atoms with E-state index in [0.29, 0.717) is 10.5 Å². The predicted octanol–water partition coefficient (Wildman–Crippen LogP) is 11.5. The zero-order valence-corrected chi connectivity index (χ0v) is 23.3. The highest BCUT2D eigenvalue weighted by atomic mass is 33.1. The fourth-order valence-electron chi connectivity index (χ4n) is 5.38. The van der Waals surface area contributed by atoms with E-state index in [0.717, 1.165) is 0 Å². The van der Waals surface area contributed by atoms with E-state index in [4.69, 9.17) is 0 Å². The highest BCUT2D eigenvalue weighted by Gasteiger charge is 2.18. The van der Waals surface area contributed by atoms with E-state index in [1.165, 1.54) is 54.9 Å². The van der Waals surface area contributed by atoms with Gasteiger partial charge in [0.25, 0.3) is 0 Å². The van der Waals surface area contributed by atoms with Gasteiger partial charge in [0, 0.05) is 10.5 Å². The van der Waals surface area contributed by atoms with Gasteiger partial charge in [-0.25, -0.2) is 0 Å². The quantitative estimate of drug-likeness (QED) is 0.190. The Morgan fingerprint density at radius 1 is 0.368 bits per heavy atom. The summed E-state index contributed by atoms with van der Waals surface area (Å²) in [4.78, 5) is 0. The third kappa shape index (κ3) is 4.87. The minimum Gasteiger partial charge on any atom is -0.0856 e. The molecule has 2 heteroatoms. The molecule has 6 aromatic rings. The Labute approximate surface area is 233 Å². The Morgan fingerprint density at radius 3 is 1.18 bits per heavy atom. The van der Waals surface area contributed by atoms with E-state index >= 15 is 0 Å². The summed E-state index contributed by atoms with van der Waals surface area (Å²) in [6, 6.07) is 48.4. The number of hydrogen-bond acceptors (Lipinski definition) is 2. The van der Waals surface area contributed by atoms with Crippen LogP contribution < -0.4 is 0 Å². The molecule has 0 bridgehead atoms. The first kappa shape index (κ1) is 24.9. The van der Waals surface area contributed by atoms with Crippen LogP contribution in [0.2, 0.25) is 0 Å². The van der Waals surface area contributed by atoms with E-state index in [-0.39, 0.29) is 0 Å². The van der Waals surface area contributed by atoms with Gasteiger partial charge < -0.3 is 0 Å². The summed E-state index contributed by atoms with van der Waals surface area (Å²) in [6.45, 7) is 4.68. The third-order valence-corrected chi connectivity index (χ3v) is 10.6. The second-order valence-corrected chi connectivity index (χ2v) is 12.7. The molecule has 0 aliphatic carbocycles. The Morgan fingerprint density at radius 2 is 0.711 bits per heavy atom. The molecule has 0 heterocycles. The van der Waals surface area contributed by atoms with Gasteiger partial charge in [-0.3, -0.25) is 0 Å². The predicted molar refractivity (Wildman–Crippen MR) is 171 cm³/mol. The molecule has 0 unspecified atom stereocenters. The Kier molecular flexibility index (Phi) is 7.27. The van der Waals surface area contributed by atoms with E-state index in [2.05, 4.69) is 147 Å². The van der Waals surface area contributed by atoms with Crippen molar-refractivity contribution in [3.8, 4) is 22.3 Å². The van der Waals surface area contributed by atoms with Crippen LogP contribution in [0.5, 0.6) is 0 Å². The summed E-state index contributed by atoms with van der Waals surface area (Å²) in [5, 5.41) is 5.89. The fourth-order valence-corrected chi connectivity index (χ4v) is 7.96. The summed E-state index contributed by atoms with van der Waals surface area (Å²) in [6.07, 6.45) is 0. The molecule has 38 heavy (non-hydrogen) atoms. The number of benzene rings is 6. The van der Waals surface area contributed by atoms with Gasteiger partial charge in [0.05, 0.1) is 0 Å². The zero-order valence-electron chi connectivity index (χ0n) is 21.7. The summed E-state index contributed by atoms with van der Waals surface area (Å²) < 4.78 is 0. The van der Waals surface area contributed by atoms with Gasteiger partial charge in [-0.2, -0.15) is 0 Å². The maximum atomic E-state index is 2.34. The van der Waals surface area contributed by atoms with Crippen LogP contribution in [0.1, 0.15) is 35.5 Å². The van der Waals surface area contributed by atoms with Crippen LogP contribution in [0.4, 0.5) is 0 Å². The molecule has 6 aromatic carbocycles. The van der Waals surface area contributed by atoms with Crippen LogP contribution in [-0.2, 0) is 0 Å². The largest absolute Gasteiger partial charge is 0.0856 e. The van der Waals surface area contributed by atoms with Crippen molar-refractivity contribution >= 4 is 43.1 Å². The average molecular weight is 527 g/mol. The summed E-state index contributed by atoms with van der Waals surface area (Å²) in [5.41, 5.74) is 8.05. The molecule has 0 spiro atoms. The highest BCUT2D eigenvalue weighted by Crippen LogP contribution is 2.49. The SMILES string of the molecule is C[C@@H](SS[C@H](C)c1ccccc1-c1cccc2ccccc12)c1ccccc1-c1cccc2ccccc12. The lowest BCUT2D eigenvalue weighted by molar-refractivity contribution is 1.10. The minimum atomic E-state index is 0.349. The van der Waals surface area contributed by atoms with Crippen molar-refractivity contribution < 1.29 is 0 Å². The number of fused-ring (bicyclic) bond motifs is 2. The lowest BCUT2D eigenvalue weighted by Crippen LogP contribution is -1.95. The summed E-state index contributed by atoms with van der Waals surface area (Å²) in [5.74, 6) is 0. The molecule has 0 saturated heterocycles. The van der Waals surface area contributed by atoms with Gasteiger partial charge in [-0.1, -0.05) is 155 Å². The first-order valence-electron chi connectivity index (χ1n) is 13.2. The van der Waals surface area contributed by atoms with Crippen LogP contribution in [-0.4, -0.2) is 0 Å². The molecule has 0 amide bonds. The van der Waals surface area contributed by atoms with Crippen LogP contribution in [0.15, 0.2) is 133 Å². The summed E-state index contributed by atoms with van der Waals surface area (Å²) >= 11 is 0. The maximum Gasteiger partial charge on any atom is 0.0379 e. The van der Waals surface area contributed by atoms with Gasteiger partial charge in [0.1, 0.15) is 0 Å². The van der Waals surface area contributed by atoms with E-state index < -0.39 is 0 Å². The van der Waals surface area contributed by atoms with Crippen molar-refractivity contribution in [1.82, 2.24) is 0 Å². The molecule has 0 aromatic heterocycles. The second-order valence-electron chi connectivity index (χ2n) is 9.70. The van der Waals surface area contributed by atoms with Gasteiger partial charge in [-0.15, -0.1) is 0 Å². The zero-order chi connectivity index (χ0) is 25.9. The molecular formula is C36H30S2. The van der Waals surface area contributed by atoms with Crippen molar-refractivity contribution in [2.45, 2.75) is 24.3 Å². The van der Waals surface area contributed by atoms with Crippen molar-refractivity contribution in [3.05, 3.63) is 145 Å². The first-order valence-corrected chi connectivity index (χ1v) is 15.4. The van der Waals surface area contributed by atoms with Gasteiger partial charge in [-0.05, 0) is 68.8 Å². The molecular weight excluding hydrogens is 497 g/mol. The molecule has 6 rings (SSSR count). The smallest absolute Gasteiger partial charge is 0.0379 e. The number of rotatable bonds is 7. The van der Waals surface area contributed by atoms with E-state index in [1.807, 2.05) is 21.6 Å². The molecule has 0 saturated carbocycles. The Bertz CT molecular complexity index is 1580. The summed E-state index contributed by atoms with van der Waals surface area (Å²) in [7, 11) is 3.94. The molecule has 0 nitrogen and oxygen atoms in total. The molecule has 2 atom stereocenters. The van der Waals surface area contributed by atoms with Crippen LogP contribution in [0, 0.1) is 0 Å². The minimum absolute atomic E-state index is 0.349. The Hall–Kier alpha value is -3.46. The van der Waals surface area contributed by atoms with Crippen molar-refractivity contribution in [3.63, 3.8) is 0 Å². The molecule has 0 fully saturated rings. The molecule has 0 N–H and O–H groups in total. The lowest BCUT2D eigenvalue weighted by Gasteiger charge is -2.21. The topological polar surface area (TPSA) is 0 Å². The van der Waals surface area contributed by atoms with Crippen molar-refractivity contribution in [1.29, 1.82) is 0 Å². The average Bonchev–Trinajstić information content (AvgIpc) is 2.99. The maximum absolute atomic E-state index is 2.34. The standard InChI is InChI=1S/C36H30S2/c1-25(29-17-7-9-21-33(29)35-23-11-15-27-13-3-5-19-31(27)35)37-38-26(2)30-18-8-10-22-34(30)36-24-12-16-28-14-4-6-20-32(28)36/h3-26H,1-2H3/t25-,26-/m1/s1. The molecule has 186 valence electrons. The van der Waals surface area contributed by atoms with Crippen LogP contribution in [0.3, 0.4) is 0 Å². The van der Waals surface area contributed by atoms with E-state index in [1.54, 1.807) is 0 Å². The van der Waals surface area contributed by atoms with Gasteiger partial charge in [0.15, 0.2) is 0 Å².